The predicted molar refractivity (Wildman–Crippen MR) is 121 cm³/mol. The van der Waals surface area contributed by atoms with Crippen LogP contribution in [0, 0.1) is 0 Å². The van der Waals surface area contributed by atoms with Crippen LogP contribution in [0.25, 0.3) is 0 Å². The average molecular weight is 400 g/mol. The van der Waals surface area contributed by atoms with Crippen LogP contribution in [0.1, 0.15) is 63.0 Å². The van der Waals surface area contributed by atoms with Gasteiger partial charge in [0.25, 0.3) is 0 Å². The molecular weight excluding hydrogens is 366 g/mol. The van der Waals surface area contributed by atoms with Gasteiger partial charge in [-0.25, -0.2) is 0 Å². The normalized spacial score (nSPS) is 16.8. The van der Waals surface area contributed by atoms with Gasteiger partial charge in [0, 0.05) is 7.11 Å². The van der Waals surface area contributed by atoms with Gasteiger partial charge in [-0.05, 0) is 56.6 Å². The zero-order chi connectivity index (χ0) is 19.2. The lowest BCUT2D eigenvalue weighted by atomic mass is 9.69. The minimum atomic E-state index is -0.680. The van der Waals surface area contributed by atoms with E-state index >= 15 is 0 Å². The molecule has 0 bridgehead atoms. The van der Waals surface area contributed by atoms with Crippen molar-refractivity contribution in [3.63, 3.8) is 0 Å². The number of halogens is 1. The maximum absolute atomic E-state index is 7.03. The monoisotopic (exact) mass is 399 g/mol. The Morgan fingerprint density at radius 3 is 1.86 bits per heavy atom. The standard InChI is InChI=1S/C25H33NO.ClH/c1-24(26,20-12-15-21-13-6-3-7-14-21)25(27-2,22-16-8-4-9-17-22)23-18-10-5-11-19-23;/h4-5,8-11,15-19H,3,6-7,12-14,20,26H2,1-2H3;1H. The Bertz CT molecular complexity index is 692. The summed E-state index contributed by atoms with van der Waals surface area (Å²) in [6.07, 6.45) is 10.9. The Hall–Kier alpha value is -1.61. The number of nitrogens with two attached hydrogens (primary N) is 1. The van der Waals surface area contributed by atoms with Gasteiger partial charge in [0.1, 0.15) is 5.60 Å². The van der Waals surface area contributed by atoms with E-state index in [1.807, 2.05) is 12.1 Å². The first-order chi connectivity index (χ1) is 13.1. The summed E-state index contributed by atoms with van der Waals surface area (Å²) >= 11 is 0. The van der Waals surface area contributed by atoms with E-state index in [-0.39, 0.29) is 12.4 Å². The second-order valence-corrected chi connectivity index (χ2v) is 8.00. The van der Waals surface area contributed by atoms with Crippen molar-refractivity contribution in [1.82, 2.24) is 0 Å². The third-order valence-corrected chi connectivity index (χ3v) is 6.06. The highest BCUT2D eigenvalue weighted by Crippen LogP contribution is 2.43. The van der Waals surface area contributed by atoms with Crippen molar-refractivity contribution in [3.8, 4) is 0 Å². The summed E-state index contributed by atoms with van der Waals surface area (Å²) in [6.45, 7) is 2.13. The van der Waals surface area contributed by atoms with Crippen LogP contribution < -0.4 is 5.73 Å². The molecule has 0 aliphatic heterocycles. The molecule has 2 aromatic carbocycles. The Morgan fingerprint density at radius 2 is 1.39 bits per heavy atom. The van der Waals surface area contributed by atoms with Crippen molar-refractivity contribution < 1.29 is 4.74 Å². The lowest BCUT2D eigenvalue weighted by Gasteiger charge is -2.46. The molecule has 1 fully saturated rings. The minimum Gasteiger partial charge on any atom is -0.367 e. The summed E-state index contributed by atoms with van der Waals surface area (Å²) in [5.74, 6) is 0. The van der Waals surface area contributed by atoms with Crippen LogP contribution in [-0.4, -0.2) is 12.6 Å². The third-order valence-electron chi connectivity index (χ3n) is 6.06. The van der Waals surface area contributed by atoms with Gasteiger partial charge in [0.15, 0.2) is 0 Å². The molecule has 0 saturated heterocycles. The van der Waals surface area contributed by atoms with Gasteiger partial charge in [0.2, 0.25) is 0 Å². The van der Waals surface area contributed by atoms with E-state index in [1.54, 1.807) is 12.7 Å². The van der Waals surface area contributed by atoms with Crippen LogP contribution in [0.2, 0.25) is 0 Å². The molecule has 2 aromatic rings. The second kappa shape index (κ2) is 10.2. The third kappa shape index (κ3) is 4.68. The summed E-state index contributed by atoms with van der Waals surface area (Å²) in [4.78, 5) is 0. The fourth-order valence-electron chi connectivity index (χ4n) is 4.60. The quantitative estimate of drug-likeness (QED) is 0.547. The van der Waals surface area contributed by atoms with Gasteiger partial charge in [-0.1, -0.05) is 78.7 Å². The van der Waals surface area contributed by atoms with Crippen LogP contribution in [0.4, 0.5) is 0 Å². The number of benzene rings is 2. The first-order valence-corrected chi connectivity index (χ1v) is 10.2. The molecule has 1 aliphatic carbocycles. The first-order valence-electron chi connectivity index (χ1n) is 10.2. The molecule has 0 radical (unpaired) electrons. The van der Waals surface area contributed by atoms with Crippen LogP contribution in [0.5, 0.6) is 0 Å². The molecule has 28 heavy (non-hydrogen) atoms. The molecule has 152 valence electrons. The van der Waals surface area contributed by atoms with E-state index in [0.29, 0.717) is 0 Å². The summed E-state index contributed by atoms with van der Waals surface area (Å²) in [5.41, 5.74) is 9.63. The van der Waals surface area contributed by atoms with Crippen molar-refractivity contribution in [2.45, 2.75) is 63.0 Å². The number of hydrogen-bond acceptors (Lipinski definition) is 2. The molecule has 2 nitrogen and oxygen atoms in total. The van der Waals surface area contributed by atoms with Gasteiger partial charge in [0.05, 0.1) is 5.54 Å². The van der Waals surface area contributed by atoms with E-state index in [1.165, 1.54) is 32.1 Å². The number of rotatable bonds is 7. The van der Waals surface area contributed by atoms with Crippen LogP contribution in [-0.2, 0) is 10.3 Å². The van der Waals surface area contributed by atoms with Crippen molar-refractivity contribution in [1.29, 1.82) is 0 Å². The molecule has 0 amide bonds. The fraction of sp³-hybridized carbons (Fsp3) is 0.440. The number of allylic oxidation sites excluding steroid dienone is 2. The van der Waals surface area contributed by atoms with Crippen molar-refractivity contribution in [2.75, 3.05) is 7.11 Å². The first kappa shape index (κ1) is 22.7. The summed E-state index contributed by atoms with van der Waals surface area (Å²) in [5, 5.41) is 0. The molecule has 3 rings (SSSR count). The van der Waals surface area contributed by atoms with Gasteiger partial charge in [-0.2, -0.15) is 0 Å². The van der Waals surface area contributed by atoms with Gasteiger partial charge >= 0.3 is 0 Å². The van der Waals surface area contributed by atoms with Crippen molar-refractivity contribution in [3.05, 3.63) is 83.4 Å². The van der Waals surface area contributed by atoms with Crippen LogP contribution in [0.15, 0.2) is 72.3 Å². The van der Waals surface area contributed by atoms with E-state index in [9.17, 15) is 0 Å². The molecule has 2 N–H and O–H groups in total. The SMILES string of the molecule is COC(c1ccccc1)(c1ccccc1)C(C)(N)CCC=C1CCCCC1.Cl. The van der Waals surface area contributed by atoms with E-state index in [0.717, 1.165) is 24.0 Å². The number of methoxy groups -OCH3 is 1. The average Bonchev–Trinajstić information content (AvgIpc) is 2.71. The van der Waals surface area contributed by atoms with E-state index in [2.05, 4.69) is 61.5 Å². The number of ether oxygens (including phenoxy) is 1. The molecule has 1 atom stereocenters. The highest BCUT2D eigenvalue weighted by atomic mass is 35.5. The Balaban J connectivity index is 0.00000280. The smallest absolute Gasteiger partial charge is 0.135 e. The molecule has 0 heterocycles. The minimum absolute atomic E-state index is 0. The lowest BCUT2D eigenvalue weighted by Crippen LogP contribution is -2.58. The predicted octanol–water partition coefficient (Wildman–Crippen LogP) is 6.39. The van der Waals surface area contributed by atoms with Gasteiger partial charge < -0.3 is 10.5 Å². The molecule has 1 saturated carbocycles. The molecule has 0 spiro atoms. The summed E-state index contributed by atoms with van der Waals surface area (Å²) in [7, 11) is 1.78. The second-order valence-electron chi connectivity index (χ2n) is 8.00. The zero-order valence-electron chi connectivity index (χ0n) is 17.2. The van der Waals surface area contributed by atoms with Crippen LogP contribution in [0.3, 0.4) is 0 Å². The Kier molecular flexibility index (Phi) is 8.30. The topological polar surface area (TPSA) is 35.2 Å². The Morgan fingerprint density at radius 1 is 0.893 bits per heavy atom. The number of hydrogen-bond donors (Lipinski definition) is 1. The maximum atomic E-state index is 7.03. The summed E-state index contributed by atoms with van der Waals surface area (Å²) < 4.78 is 6.27. The molecule has 1 unspecified atom stereocenters. The highest BCUT2D eigenvalue weighted by Gasteiger charge is 2.48. The highest BCUT2D eigenvalue weighted by molar-refractivity contribution is 5.85. The van der Waals surface area contributed by atoms with Crippen LogP contribution >= 0.6 is 12.4 Å². The molecule has 0 aromatic heterocycles. The molecular formula is C25H34ClNO. The molecule has 3 heteroatoms. The van der Waals surface area contributed by atoms with Gasteiger partial charge in [-0.3, -0.25) is 0 Å². The Labute approximate surface area is 176 Å². The lowest BCUT2D eigenvalue weighted by molar-refractivity contribution is -0.0413. The largest absolute Gasteiger partial charge is 0.367 e. The fourth-order valence-corrected chi connectivity index (χ4v) is 4.60. The maximum Gasteiger partial charge on any atom is 0.135 e. The van der Waals surface area contributed by atoms with Crippen molar-refractivity contribution in [2.24, 2.45) is 5.73 Å². The van der Waals surface area contributed by atoms with E-state index < -0.39 is 11.1 Å². The van der Waals surface area contributed by atoms with E-state index in [4.69, 9.17) is 10.5 Å². The zero-order valence-corrected chi connectivity index (χ0v) is 18.0. The van der Waals surface area contributed by atoms with Gasteiger partial charge in [-0.15, -0.1) is 12.4 Å². The van der Waals surface area contributed by atoms with Crippen molar-refractivity contribution >= 4 is 12.4 Å². The summed E-state index contributed by atoms with van der Waals surface area (Å²) in [6, 6.07) is 20.8. The molecule has 1 aliphatic rings.